The first-order valence-corrected chi connectivity index (χ1v) is 6.58. The van der Waals surface area contributed by atoms with Crippen molar-refractivity contribution in [2.24, 2.45) is 5.92 Å². The summed E-state index contributed by atoms with van der Waals surface area (Å²) in [6.45, 7) is 7.05. The molecule has 0 aliphatic heterocycles. The fraction of sp³-hybridized carbons (Fsp3) is 0.833. The van der Waals surface area contributed by atoms with Crippen molar-refractivity contribution in [1.82, 2.24) is 5.32 Å². The van der Waals surface area contributed by atoms with Crippen molar-refractivity contribution in [3.63, 3.8) is 0 Å². The van der Waals surface area contributed by atoms with Gasteiger partial charge in [0.15, 0.2) is 0 Å². The topological polar surface area (TPSA) is 12.0 Å². The van der Waals surface area contributed by atoms with Crippen LogP contribution in [0.2, 0.25) is 0 Å². The van der Waals surface area contributed by atoms with E-state index < -0.39 is 0 Å². The summed E-state index contributed by atoms with van der Waals surface area (Å²) in [5.41, 5.74) is 0. The van der Waals surface area contributed by atoms with E-state index in [1.54, 1.807) is 0 Å². The van der Waals surface area contributed by atoms with E-state index in [0.29, 0.717) is 0 Å². The molecule has 1 N–H and O–H groups in total. The van der Waals surface area contributed by atoms with Gasteiger partial charge in [-0.3, -0.25) is 0 Å². The maximum absolute atomic E-state index is 3.84. The normalized spacial score (nSPS) is 27.6. The zero-order valence-corrected chi connectivity index (χ0v) is 10.8. The first-order chi connectivity index (χ1) is 6.72. The predicted octanol–water partition coefficient (Wildman–Crippen LogP) is 3.84. The van der Waals surface area contributed by atoms with Crippen LogP contribution in [0.3, 0.4) is 0 Å². The van der Waals surface area contributed by atoms with Crippen LogP contribution < -0.4 is 5.32 Å². The molecule has 0 atom stereocenters. The fourth-order valence-corrected chi connectivity index (χ4v) is 2.48. The highest BCUT2D eigenvalue weighted by molar-refractivity contribution is 9.11. The summed E-state index contributed by atoms with van der Waals surface area (Å²) in [6.07, 6.45) is 8.31. The molecule has 0 saturated heterocycles. The van der Waals surface area contributed by atoms with Gasteiger partial charge in [-0.25, -0.2) is 0 Å². The van der Waals surface area contributed by atoms with Crippen molar-refractivity contribution in [3.8, 4) is 0 Å². The largest absolute Gasteiger partial charge is 0.309 e. The van der Waals surface area contributed by atoms with E-state index in [1.165, 1.54) is 38.5 Å². The van der Waals surface area contributed by atoms with Crippen LogP contribution in [-0.2, 0) is 0 Å². The van der Waals surface area contributed by atoms with Crippen molar-refractivity contribution < 1.29 is 0 Å². The third kappa shape index (κ3) is 4.61. The van der Waals surface area contributed by atoms with Gasteiger partial charge in [0.25, 0.3) is 0 Å². The minimum Gasteiger partial charge on any atom is -0.309 e. The van der Waals surface area contributed by atoms with Crippen molar-refractivity contribution in [2.45, 2.75) is 51.5 Å². The number of rotatable bonds is 5. The van der Waals surface area contributed by atoms with Crippen LogP contribution in [0, 0.1) is 5.92 Å². The van der Waals surface area contributed by atoms with Gasteiger partial charge in [0, 0.05) is 17.1 Å². The zero-order chi connectivity index (χ0) is 10.4. The molecule has 2 heteroatoms. The number of nitrogens with one attached hydrogen (secondary N) is 1. The smallest absolute Gasteiger partial charge is 0.0268 e. The molecule has 0 amide bonds. The monoisotopic (exact) mass is 259 g/mol. The van der Waals surface area contributed by atoms with E-state index >= 15 is 0 Å². The van der Waals surface area contributed by atoms with E-state index in [1.807, 2.05) is 0 Å². The Kier molecular flexibility index (Phi) is 5.80. The molecule has 1 aliphatic carbocycles. The lowest BCUT2D eigenvalue weighted by molar-refractivity contribution is 0.283. The molecule has 0 unspecified atom stereocenters. The van der Waals surface area contributed by atoms with Crippen LogP contribution in [0.15, 0.2) is 11.1 Å². The van der Waals surface area contributed by atoms with E-state index in [9.17, 15) is 0 Å². The minimum absolute atomic E-state index is 0.734. The highest BCUT2D eigenvalue weighted by atomic mass is 79.9. The Morgan fingerprint density at radius 1 is 1.36 bits per heavy atom. The van der Waals surface area contributed by atoms with Crippen LogP contribution in [0.5, 0.6) is 0 Å². The van der Waals surface area contributed by atoms with E-state index in [0.717, 1.165) is 23.0 Å². The molecule has 0 bridgehead atoms. The average molecular weight is 260 g/mol. The van der Waals surface area contributed by atoms with Gasteiger partial charge in [-0.05, 0) is 31.6 Å². The van der Waals surface area contributed by atoms with Gasteiger partial charge in [0.05, 0.1) is 0 Å². The lowest BCUT2D eigenvalue weighted by Gasteiger charge is -2.29. The molecule has 0 heterocycles. The molecule has 1 nitrogen and oxygen atoms in total. The first kappa shape index (κ1) is 12.3. The van der Waals surface area contributed by atoms with Crippen LogP contribution in [0.25, 0.3) is 0 Å². The molecule has 1 rings (SSSR count). The summed E-state index contributed by atoms with van der Waals surface area (Å²) < 4.78 is 1.06. The minimum atomic E-state index is 0.734. The summed E-state index contributed by atoms with van der Waals surface area (Å²) in [5.74, 6) is 1.00. The molecule has 14 heavy (non-hydrogen) atoms. The predicted molar refractivity (Wildman–Crippen MR) is 66.7 cm³/mol. The molecule has 0 radical (unpaired) electrons. The van der Waals surface area contributed by atoms with Gasteiger partial charge in [-0.15, -0.1) is 0 Å². The molecule has 0 aromatic rings. The lowest BCUT2D eigenvalue weighted by Crippen LogP contribution is -2.33. The van der Waals surface area contributed by atoms with Gasteiger partial charge < -0.3 is 5.32 Å². The molecule has 1 saturated carbocycles. The van der Waals surface area contributed by atoms with Crippen molar-refractivity contribution in [1.29, 1.82) is 0 Å². The summed E-state index contributed by atoms with van der Waals surface area (Å²) in [4.78, 5) is 0. The Balaban J connectivity index is 2.12. The number of hydrogen-bond donors (Lipinski definition) is 1. The Labute approximate surface area is 96.5 Å². The van der Waals surface area contributed by atoms with E-state index in [4.69, 9.17) is 0 Å². The Morgan fingerprint density at radius 2 is 2.00 bits per heavy atom. The molecular weight excluding hydrogens is 238 g/mol. The maximum atomic E-state index is 3.84. The third-order valence-corrected chi connectivity index (χ3v) is 3.41. The Bertz CT molecular complexity index is 171. The highest BCUT2D eigenvalue weighted by Gasteiger charge is 2.19. The SMILES string of the molecule is C=C(Br)CNC1CCC(CCC)CC1. The third-order valence-electron chi connectivity index (χ3n) is 3.13. The quantitative estimate of drug-likeness (QED) is 0.791. The Morgan fingerprint density at radius 3 is 2.50 bits per heavy atom. The lowest BCUT2D eigenvalue weighted by atomic mass is 9.83. The standard InChI is InChI=1S/C12H22BrN/c1-3-4-11-5-7-12(8-6-11)14-9-10(2)13/h11-12,14H,2-9H2,1H3. The molecule has 82 valence electrons. The summed E-state index contributed by atoms with van der Waals surface area (Å²) in [6, 6.07) is 0.734. The number of hydrogen-bond acceptors (Lipinski definition) is 1. The second-order valence-corrected chi connectivity index (χ2v) is 5.53. The van der Waals surface area contributed by atoms with Crippen molar-refractivity contribution in [2.75, 3.05) is 6.54 Å². The van der Waals surface area contributed by atoms with E-state index in [2.05, 4.69) is 34.7 Å². The second-order valence-electron chi connectivity index (χ2n) is 4.40. The van der Waals surface area contributed by atoms with E-state index in [-0.39, 0.29) is 0 Å². The average Bonchev–Trinajstić information content (AvgIpc) is 2.17. The molecular formula is C12H22BrN. The second kappa shape index (κ2) is 6.62. The van der Waals surface area contributed by atoms with Crippen molar-refractivity contribution in [3.05, 3.63) is 11.1 Å². The van der Waals surface area contributed by atoms with Gasteiger partial charge in [0.1, 0.15) is 0 Å². The molecule has 0 aromatic carbocycles. The molecule has 1 fully saturated rings. The van der Waals surface area contributed by atoms with Crippen LogP contribution in [-0.4, -0.2) is 12.6 Å². The van der Waals surface area contributed by atoms with Gasteiger partial charge in [0.2, 0.25) is 0 Å². The van der Waals surface area contributed by atoms with Crippen molar-refractivity contribution >= 4 is 15.9 Å². The molecule has 1 aliphatic rings. The van der Waals surface area contributed by atoms with Crippen LogP contribution >= 0.6 is 15.9 Å². The van der Waals surface area contributed by atoms with Crippen LogP contribution in [0.4, 0.5) is 0 Å². The maximum Gasteiger partial charge on any atom is 0.0268 e. The zero-order valence-electron chi connectivity index (χ0n) is 9.19. The Hall–Kier alpha value is 0.180. The van der Waals surface area contributed by atoms with Gasteiger partial charge in [-0.2, -0.15) is 0 Å². The fourth-order valence-electron chi connectivity index (χ4n) is 2.32. The van der Waals surface area contributed by atoms with Gasteiger partial charge >= 0.3 is 0 Å². The first-order valence-electron chi connectivity index (χ1n) is 5.79. The van der Waals surface area contributed by atoms with Gasteiger partial charge in [-0.1, -0.05) is 42.3 Å². The van der Waals surface area contributed by atoms with Crippen LogP contribution in [0.1, 0.15) is 45.4 Å². The highest BCUT2D eigenvalue weighted by Crippen LogP contribution is 2.27. The summed E-state index contributed by atoms with van der Waals surface area (Å²) in [5, 5.41) is 3.54. The number of halogens is 1. The summed E-state index contributed by atoms with van der Waals surface area (Å²) >= 11 is 3.38. The molecule has 0 spiro atoms. The summed E-state index contributed by atoms with van der Waals surface area (Å²) in [7, 11) is 0. The molecule has 0 aromatic heterocycles.